The van der Waals surface area contributed by atoms with Crippen molar-refractivity contribution in [3.05, 3.63) is 77.6 Å². The van der Waals surface area contributed by atoms with E-state index >= 15 is 0 Å². The second-order valence-corrected chi connectivity index (χ2v) is 6.49. The zero-order valence-corrected chi connectivity index (χ0v) is 15.8. The lowest BCUT2D eigenvalue weighted by Crippen LogP contribution is -2.16. The molecule has 2 N–H and O–H groups in total. The van der Waals surface area contributed by atoms with Crippen molar-refractivity contribution >= 4 is 23.2 Å². The Morgan fingerprint density at radius 1 is 0.862 bits per heavy atom. The number of amides is 2. The van der Waals surface area contributed by atoms with Gasteiger partial charge >= 0.3 is 0 Å². The number of aryl methyl sites for hydroxylation is 1. The summed E-state index contributed by atoms with van der Waals surface area (Å²) in [6, 6.07) is 14.3. The van der Waals surface area contributed by atoms with Crippen molar-refractivity contribution in [2.45, 2.75) is 13.3 Å². The average Bonchev–Trinajstić information content (AvgIpc) is 3.22. The molecule has 2 amide bonds. The Morgan fingerprint density at radius 3 is 2.17 bits per heavy atom. The van der Waals surface area contributed by atoms with Gasteiger partial charge in [0.2, 0.25) is 6.79 Å². The summed E-state index contributed by atoms with van der Waals surface area (Å²) in [6.07, 6.45) is 3.76. The van der Waals surface area contributed by atoms with E-state index in [0.29, 0.717) is 28.4 Å². The second kappa shape index (κ2) is 8.02. The number of carbonyl (C=O) groups excluding carboxylic acids is 2. The van der Waals surface area contributed by atoms with E-state index in [1.807, 2.05) is 24.3 Å². The topological polar surface area (TPSA) is 89.6 Å². The lowest BCUT2D eigenvalue weighted by Gasteiger charge is -2.08. The highest BCUT2D eigenvalue weighted by Gasteiger charge is 2.16. The van der Waals surface area contributed by atoms with Crippen LogP contribution >= 0.6 is 0 Å². The molecule has 1 aromatic heterocycles. The molecule has 0 spiro atoms. The van der Waals surface area contributed by atoms with Crippen LogP contribution in [0, 0.1) is 0 Å². The Hall–Kier alpha value is -3.87. The Balaban J connectivity index is 1.45. The molecule has 2 aromatic carbocycles. The van der Waals surface area contributed by atoms with E-state index in [2.05, 4.69) is 22.5 Å². The summed E-state index contributed by atoms with van der Waals surface area (Å²) in [5.74, 6) is 0.497. The number of anilines is 2. The van der Waals surface area contributed by atoms with Gasteiger partial charge in [-0.1, -0.05) is 19.1 Å². The monoisotopic (exact) mass is 389 g/mol. The minimum atomic E-state index is -0.377. The van der Waals surface area contributed by atoms with Crippen LogP contribution in [-0.4, -0.2) is 23.6 Å². The molecule has 1 aliphatic heterocycles. The van der Waals surface area contributed by atoms with E-state index in [0.717, 1.165) is 6.42 Å². The van der Waals surface area contributed by atoms with Crippen LogP contribution in [0.15, 0.2) is 60.9 Å². The Bertz CT molecular complexity index is 1060. The fourth-order valence-electron chi connectivity index (χ4n) is 2.89. The minimum absolute atomic E-state index is 0.162. The number of hydrogen-bond acceptors (Lipinski definition) is 5. The molecule has 0 bridgehead atoms. The molecular weight excluding hydrogens is 370 g/mol. The van der Waals surface area contributed by atoms with Crippen LogP contribution in [-0.2, 0) is 6.42 Å². The summed E-state index contributed by atoms with van der Waals surface area (Å²) in [7, 11) is 0. The van der Waals surface area contributed by atoms with Gasteiger partial charge in [0.1, 0.15) is 0 Å². The van der Waals surface area contributed by atoms with E-state index in [9.17, 15) is 9.59 Å². The molecule has 7 heteroatoms. The van der Waals surface area contributed by atoms with Gasteiger partial charge in [-0.15, -0.1) is 0 Å². The van der Waals surface area contributed by atoms with Crippen LogP contribution < -0.4 is 20.1 Å². The lowest BCUT2D eigenvalue weighted by molar-refractivity contribution is 0.102. The zero-order chi connectivity index (χ0) is 20.2. The first-order valence-corrected chi connectivity index (χ1v) is 9.19. The number of nitrogens with zero attached hydrogens (tertiary/aromatic N) is 1. The molecule has 4 rings (SSSR count). The third kappa shape index (κ3) is 4.19. The molecule has 0 saturated carbocycles. The highest BCUT2D eigenvalue weighted by atomic mass is 16.7. The third-order valence-electron chi connectivity index (χ3n) is 4.51. The van der Waals surface area contributed by atoms with Gasteiger partial charge in [-0.3, -0.25) is 14.6 Å². The molecule has 0 unspecified atom stereocenters. The van der Waals surface area contributed by atoms with Crippen molar-refractivity contribution < 1.29 is 19.1 Å². The van der Waals surface area contributed by atoms with E-state index in [4.69, 9.17) is 9.47 Å². The predicted octanol–water partition coefficient (Wildman–Crippen LogP) is 3.88. The van der Waals surface area contributed by atoms with Crippen LogP contribution in [0.5, 0.6) is 11.5 Å². The largest absolute Gasteiger partial charge is 0.454 e. The summed E-state index contributed by atoms with van der Waals surface area (Å²) in [4.78, 5) is 29.1. The maximum Gasteiger partial charge on any atom is 0.257 e. The molecule has 0 atom stereocenters. The van der Waals surface area contributed by atoms with Crippen LogP contribution in [0.25, 0.3) is 0 Å². The van der Waals surface area contributed by atoms with Crippen molar-refractivity contribution in [3.8, 4) is 11.5 Å². The Morgan fingerprint density at radius 2 is 1.48 bits per heavy atom. The van der Waals surface area contributed by atoms with Gasteiger partial charge in [-0.2, -0.15) is 0 Å². The number of aromatic nitrogens is 1. The summed E-state index contributed by atoms with van der Waals surface area (Å²) in [5, 5.41) is 5.58. The van der Waals surface area contributed by atoms with Crippen molar-refractivity contribution in [1.29, 1.82) is 0 Å². The number of pyridine rings is 1. The first-order valence-electron chi connectivity index (χ1n) is 9.19. The summed E-state index contributed by atoms with van der Waals surface area (Å²) in [5.41, 5.74) is 3.00. The smallest absolute Gasteiger partial charge is 0.257 e. The Labute approximate surface area is 167 Å². The number of benzene rings is 2. The summed E-state index contributed by atoms with van der Waals surface area (Å²) >= 11 is 0. The SMILES string of the molecule is CCc1ccc(NC(=O)c2cncc(C(=O)Nc3ccc4c(c3)OCO4)c2)cc1. The van der Waals surface area contributed by atoms with Crippen LogP contribution in [0.2, 0.25) is 0 Å². The van der Waals surface area contributed by atoms with Gasteiger partial charge in [-0.25, -0.2) is 0 Å². The van der Waals surface area contributed by atoms with E-state index in [1.54, 1.807) is 18.2 Å². The molecule has 2 heterocycles. The molecule has 29 heavy (non-hydrogen) atoms. The molecule has 146 valence electrons. The van der Waals surface area contributed by atoms with Gasteiger partial charge in [0.15, 0.2) is 11.5 Å². The van der Waals surface area contributed by atoms with Gasteiger partial charge < -0.3 is 20.1 Å². The average molecular weight is 389 g/mol. The fourth-order valence-corrected chi connectivity index (χ4v) is 2.89. The third-order valence-corrected chi connectivity index (χ3v) is 4.51. The number of ether oxygens (including phenoxy) is 2. The highest BCUT2D eigenvalue weighted by Crippen LogP contribution is 2.34. The number of rotatable bonds is 5. The molecule has 0 fully saturated rings. The highest BCUT2D eigenvalue weighted by molar-refractivity contribution is 6.08. The van der Waals surface area contributed by atoms with Crippen LogP contribution in [0.4, 0.5) is 11.4 Å². The fraction of sp³-hybridized carbons (Fsp3) is 0.136. The molecular formula is C22H19N3O4. The number of nitrogens with one attached hydrogen (secondary N) is 2. The van der Waals surface area contributed by atoms with Crippen LogP contribution in [0.1, 0.15) is 33.2 Å². The van der Waals surface area contributed by atoms with E-state index in [1.165, 1.54) is 24.0 Å². The van der Waals surface area contributed by atoms with Crippen molar-refractivity contribution in [2.75, 3.05) is 17.4 Å². The van der Waals surface area contributed by atoms with Crippen molar-refractivity contribution in [1.82, 2.24) is 4.98 Å². The van der Waals surface area contributed by atoms with Gasteiger partial charge in [-0.05, 0) is 42.3 Å². The quantitative estimate of drug-likeness (QED) is 0.691. The first kappa shape index (κ1) is 18.5. The molecule has 3 aromatic rings. The van der Waals surface area contributed by atoms with Gasteiger partial charge in [0, 0.05) is 29.8 Å². The zero-order valence-electron chi connectivity index (χ0n) is 15.8. The predicted molar refractivity (Wildman–Crippen MR) is 109 cm³/mol. The Kier molecular flexibility index (Phi) is 5.11. The number of carbonyl (C=O) groups is 2. The lowest BCUT2D eigenvalue weighted by atomic mass is 10.1. The number of hydrogen-bond donors (Lipinski definition) is 2. The minimum Gasteiger partial charge on any atom is -0.454 e. The molecule has 0 radical (unpaired) electrons. The van der Waals surface area contributed by atoms with Crippen LogP contribution in [0.3, 0.4) is 0 Å². The van der Waals surface area contributed by atoms with Gasteiger partial charge in [0.05, 0.1) is 11.1 Å². The number of fused-ring (bicyclic) bond motifs is 1. The first-order chi connectivity index (χ1) is 14.1. The maximum atomic E-state index is 12.6. The normalized spacial score (nSPS) is 11.8. The van der Waals surface area contributed by atoms with Crippen molar-refractivity contribution in [2.24, 2.45) is 0 Å². The van der Waals surface area contributed by atoms with Gasteiger partial charge in [0.25, 0.3) is 11.8 Å². The molecule has 7 nitrogen and oxygen atoms in total. The summed E-state index contributed by atoms with van der Waals surface area (Å²) in [6.45, 7) is 2.23. The second-order valence-electron chi connectivity index (χ2n) is 6.49. The van der Waals surface area contributed by atoms with E-state index < -0.39 is 0 Å². The molecule has 1 aliphatic rings. The molecule has 0 saturated heterocycles. The van der Waals surface area contributed by atoms with E-state index in [-0.39, 0.29) is 24.2 Å². The summed E-state index contributed by atoms with van der Waals surface area (Å²) < 4.78 is 10.6. The standard InChI is InChI=1S/C22H19N3O4/c1-2-14-3-5-17(6-4-14)24-21(26)15-9-16(12-23-11-15)22(27)25-18-7-8-19-20(10-18)29-13-28-19/h3-12H,2,13H2,1H3,(H,24,26)(H,25,27). The van der Waals surface area contributed by atoms with Crippen molar-refractivity contribution in [3.63, 3.8) is 0 Å². The maximum absolute atomic E-state index is 12.6. The molecule has 0 aliphatic carbocycles.